The minimum absolute atomic E-state index is 0.656. The predicted molar refractivity (Wildman–Crippen MR) is 55.0 cm³/mol. The van der Waals surface area contributed by atoms with Crippen LogP contribution >= 0.6 is 0 Å². The molecule has 3 nitrogen and oxygen atoms in total. The number of amides is 1. The van der Waals surface area contributed by atoms with Gasteiger partial charge < -0.3 is 10.4 Å². The third-order valence-electron chi connectivity index (χ3n) is 2.29. The largest absolute Gasteiger partial charge is 0.412 e. The lowest BCUT2D eigenvalue weighted by atomic mass is 10.1. The molecule has 0 aliphatic carbocycles. The highest BCUT2D eigenvalue weighted by Crippen LogP contribution is 2.34. The predicted octanol–water partition coefficient (Wildman–Crippen LogP) is 2.07. The van der Waals surface area contributed by atoms with Crippen LogP contribution in [0.15, 0.2) is 18.2 Å². The van der Waals surface area contributed by atoms with Crippen LogP contribution in [0, 0.1) is 11.6 Å². The third-order valence-corrected chi connectivity index (χ3v) is 2.29. The Morgan fingerprint density at radius 2 is 1.89 bits per heavy atom. The van der Waals surface area contributed by atoms with Crippen LogP contribution in [-0.4, -0.2) is 23.3 Å². The fourth-order valence-electron chi connectivity index (χ4n) is 1.34. The highest BCUT2D eigenvalue weighted by Gasteiger charge is 2.44. The average molecular weight is 283 g/mol. The summed E-state index contributed by atoms with van der Waals surface area (Å²) in [5, 5.41) is 10.3. The number of carbonyl (C=O) groups excluding carboxylic acids is 1. The lowest BCUT2D eigenvalue weighted by molar-refractivity contribution is -0.166. The molecule has 1 amide bonds. The number of aliphatic hydroxyl groups is 1. The molecular weight excluding hydrogens is 273 g/mol. The Bertz CT molecular complexity index is 473. The normalized spacial score (nSPS) is 14.9. The molecule has 0 saturated carbocycles. The van der Waals surface area contributed by atoms with Gasteiger partial charge in [0.2, 0.25) is 5.91 Å². The molecule has 0 aliphatic rings. The first kappa shape index (κ1) is 15.4. The second-order valence-electron chi connectivity index (χ2n) is 3.80. The van der Waals surface area contributed by atoms with Gasteiger partial charge in [0.25, 0.3) is 0 Å². The van der Waals surface area contributed by atoms with Crippen LogP contribution in [0.2, 0.25) is 0 Å². The SMILES string of the molecule is CC(O)C(=O)NC(c1cccc(F)c1F)C(F)(F)F. The van der Waals surface area contributed by atoms with Gasteiger partial charge in [0.15, 0.2) is 17.7 Å². The number of alkyl halides is 3. The number of carbonyl (C=O) groups is 1. The van der Waals surface area contributed by atoms with Gasteiger partial charge in [0, 0.05) is 5.56 Å². The molecule has 106 valence electrons. The van der Waals surface area contributed by atoms with E-state index in [1.165, 1.54) is 5.32 Å². The first-order valence-corrected chi connectivity index (χ1v) is 5.13. The summed E-state index contributed by atoms with van der Waals surface area (Å²) >= 11 is 0. The fourth-order valence-corrected chi connectivity index (χ4v) is 1.34. The summed E-state index contributed by atoms with van der Waals surface area (Å²) in [6.07, 6.45) is -6.74. The quantitative estimate of drug-likeness (QED) is 0.834. The second kappa shape index (κ2) is 5.52. The summed E-state index contributed by atoms with van der Waals surface area (Å²) in [6.45, 7) is 0.949. The molecule has 2 N–H and O–H groups in total. The first-order chi connectivity index (χ1) is 8.64. The number of hydrogen-bond donors (Lipinski definition) is 2. The van der Waals surface area contributed by atoms with Gasteiger partial charge in [-0.2, -0.15) is 13.2 Å². The van der Waals surface area contributed by atoms with E-state index < -0.39 is 41.4 Å². The van der Waals surface area contributed by atoms with Gasteiger partial charge in [-0.25, -0.2) is 8.78 Å². The molecule has 0 bridgehead atoms. The highest BCUT2D eigenvalue weighted by atomic mass is 19.4. The van der Waals surface area contributed by atoms with E-state index in [0.717, 1.165) is 13.0 Å². The van der Waals surface area contributed by atoms with Crippen molar-refractivity contribution >= 4 is 5.91 Å². The molecule has 19 heavy (non-hydrogen) atoms. The van der Waals surface area contributed by atoms with Crippen molar-refractivity contribution in [1.82, 2.24) is 5.32 Å². The topological polar surface area (TPSA) is 49.3 Å². The molecule has 0 spiro atoms. The molecule has 0 radical (unpaired) electrons. The maximum Gasteiger partial charge on any atom is 0.412 e. The van der Waals surface area contributed by atoms with Crippen LogP contribution in [0.1, 0.15) is 18.5 Å². The molecule has 2 atom stereocenters. The molecule has 0 aliphatic heterocycles. The second-order valence-corrected chi connectivity index (χ2v) is 3.80. The molecule has 0 heterocycles. The Kier molecular flexibility index (Phi) is 4.46. The Morgan fingerprint density at radius 3 is 2.37 bits per heavy atom. The van der Waals surface area contributed by atoms with E-state index in [1.54, 1.807) is 0 Å². The fraction of sp³-hybridized carbons (Fsp3) is 0.364. The lowest BCUT2D eigenvalue weighted by Gasteiger charge is -2.23. The number of halogens is 5. The van der Waals surface area contributed by atoms with E-state index >= 15 is 0 Å². The number of nitrogens with one attached hydrogen (secondary N) is 1. The van der Waals surface area contributed by atoms with E-state index in [2.05, 4.69) is 0 Å². The summed E-state index contributed by atoms with van der Waals surface area (Å²) < 4.78 is 64.5. The van der Waals surface area contributed by atoms with Crippen molar-refractivity contribution in [2.24, 2.45) is 0 Å². The van der Waals surface area contributed by atoms with E-state index in [1.807, 2.05) is 0 Å². The molecule has 0 saturated heterocycles. The third kappa shape index (κ3) is 3.63. The number of rotatable bonds is 3. The lowest BCUT2D eigenvalue weighted by Crippen LogP contribution is -2.42. The van der Waals surface area contributed by atoms with Crippen molar-refractivity contribution in [3.8, 4) is 0 Å². The smallest absolute Gasteiger partial charge is 0.384 e. The Balaban J connectivity index is 3.18. The van der Waals surface area contributed by atoms with Gasteiger partial charge in [-0.05, 0) is 13.0 Å². The van der Waals surface area contributed by atoms with Gasteiger partial charge in [-0.1, -0.05) is 12.1 Å². The molecule has 0 aromatic heterocycles. The first-order valence-electron chi connectivity index (χ1n) is 5.13. The molecule has 1 aromatic rings. The van der Waals surface area contributed by atoms with Crippen molar-refractivity contribution in [3.63, 3.8) is 0 Å². The zero-order valence-electron chi connectivity index (χ0n) is 9.63. The Labute approximate surface area is 105 Å². The van der Waals surface area contributed by atoms with Crippen molar-refractivity contribution in [2.75, 3.05) is 0 Å². The van der Waals surface area contributed by atoms with Crippen molar-refractivity contribution in [3.05, 3.63) is 35.4 Å². The van der Waals surface area contributed by atoms with Gasteiger partial charge in [-0.15, -0.1) is 0 Å². The molecule has 1 rings (SSSR count). The standard InChI is InChI=1S/C11H10F5NO2/c1-5(18)10(19)17-9(11(14,15)16)6-3-2-4-7(12)8(6)13/h2-5,9,18H,1H3,(H,17,19). The van der Waals surface area contributed by atoms with Crippen LogP contribution < -0.4 is 5.32 Å². The summed E-state index contributed by atoms with van der Waals surface area (Å²) in [5.74, 6) is -4.50. The highest BCUT2D eigenvalue weighted by molar-refractivity contribution is 5.80. The average Bonchev–Trinajstić information content (AvgIpc) is 2.28. The summed E-state index contributed by atoms with van der Waals surface area (Å²) in [6, 6.07) is -0.479. The maximum atomic E-state index is 13.3. The van der Waals surface area contributed by atoms with Crippen molar-refractivity contribution in [1.29, 1.82) is 0 Å². The van der Waals surface area contributed by atoms with E-state index in [0.29, 0.717) is 12.1 Å². The van der Waals surface area contributed by atoms with E-state index in [4.69, 9.17) is 5.11 Å². The Morgan fingerprint density at radius 1 is 1.32 bits per heavy atom. The maximum absolute atomic E-state index is 13.3. The zero-order valence-corrected chi connectivity index (χ0v) is 9.63. The van der Waals surface area contributed by atoms with Crippen LogP contribution in [0.4, 0.5) is 22.0 Å². The van der Waals surface area contributed by atoms with Crippen LogP contribution in [0.3, 0.4) is 0 Å². The molecule has 8 heteroatoms. The van der Waals surface area contributed by atoms with Crippen molar-refractivity contribution < 1.29 is 31.9 Å². The minimum Gasteiger partial charge on any atom is -0.384 e. The molecule has 1 aromatic carbocycles. The Hall–Kier alpha value is -1.70. The monoisotopic (exact) mass is 283 g/mol. The van der Waals surface area contributed by atoms with Crippen LogP contribution in [-0.2, 0) is 4.79 Å². The molecule has 0 fully saturated rings. The number of hydrogen-bond acceptors (Lipinski definition) is 2. The summed E-state index contributed by atoms with van der Waals surface area (Å²) in [7, 11) is 0. The van der Waals surface area contributed by atoms with E-state index in [-0.39, 0.29) is 0 Å². The molecule has 2 unspecified atom stereocenters. The van der Waals surface area contributed by atoms with E-state index in [9.17, 15) is 26.7 Å². The summed E-state index contributed by atoms with van der Waals surface area (Å²) in [4.78, 5) is 11.1. The number of benzene rings is 1. The van der Waals surface area contributed by atoms with Crippen molar-refractivity contribution in [2.45, 2.75) is 25.2 Å². The zero-order chi connectivity index (χ0) is 14.8. The van der Waals surface area contributed by atoms with Crippen LogP contribution in [0.25, 0.3) is 0 Å². The van der Waals surface area contributed by atoms with Gasteiger partial charge in [0.1, 0.15) is 6.10 Å². The minimum atomic E-state index is -5.03. The van der Waals surface area contributed by atoms with Crippen LogP contribution in [0.5, 0.6) is 0 Å². The summed E-state index contributed by atoms with van der Waals surface area (Å²) in [5.41, 5.74) is -1.05. The van der Waals surface area contributed by atoms with Gasteiger partial charge in [0.05, 0.1) is 0 Å². The van der Waals surface area contributed by atoms with Gasteiger partial charge >= 0.3 is 6.18 Å². The molecular formula is C11H10F5NO2. The van der Waals surface area contributed by atoms with Gasteiger partial charge in [-0.3, -0.25) is 4.79 Å². The number of aliphatic hydroxyl groups excluding tert-OH is 1.